The molecule has 1 fully saturated rings. The molecule has 38 heavy (non-hydrogen) atoms. The van der Waals surface area contributed by atoms with Crippen LogP contribution < -0.4 is 10.0 Å². The summed E-state index contributed by atoms with van der Waals surface area (Å²) in [7, 11) is -2.17. The van der Waals surface area contributed by atoms with Crippen molar-refractivity contribution in [3.05, 3.63) is 58.2 Å². The monoisotopic (exact) mass is 575 g/mol. The van der Waals surface area contributed by atoms with E-state index in [-0.39, 0.29) is 14.9 Å². The van der Waals surface area contributed by atoms with Gasteiger partial charge in [0.25, 0.3) is 10.0 Å². The van der Waals surface area contributed by atoms with Gasteiger partial charge in [0.15, 0.2) is 5.65 Å². The Kier molecular flexibility index (Phi) is 7.73. The maximum atomic E-state index is 13.1. The molecule has 3 heterocycles. The van der Waals surface area contributed by atoms with E-state index in [0.717, 1.165) is 43.8 Å². The number of morpholine rings is 1. The molecule has 0 saturated carbocycles. The molecule has 0 unspecified atom stereocenters. The van der Waals surface area contributed by atoms with Gasteiger partial charge in [-0.1, -0.05) is 41.4 Å². The number of nitrogens with zero attached hydrogens (tertiary/aromatic N) is 5. The third-order valence-electron chi connectivity index (χ3n) is 6.36. The van der Waals surface area contributed by atoms with Crippen LogP contribution >= 0.6 is 23.2 Å². The molecular weight excluding hydrogens is 549 g/mol. The van der Waals surface area contributed by atoms with E-state index >= 15 is 0 Å². The van der Waals surface area contributed by atoms with Gasteiger partial charge in [-0.25, -0.2) is 18.1 Å². The van der Waals surface area contributed by atoms with Crippen molar-refractivity contribution in [3.8, 4) is 11.3 Å². The van der Waals surface area contributed by atoms with Gasteiger partial charge in [-0.3, -0.25) is 9.62 Å². The minimum atomic E-state index is -3.98. The SMILES string of the molecule is Cc1ccc(-c2nn(C)c3nc(NCCN4CCOCC4)ncc23)cc1NS(=O)(=O)c1cccc(Cl)c1Cl. The van der Waals surface area contributed by atoms with E-state index in [0.29, 0.717) is 35.1 Å². The molecule has 0 bridgehead atoms. The second-order valence-electron chi connectivity index (χ2n) is 8.97. The lowest BCUT2D eigenvalue weighted by molar-refractivity contribution is 0.0398. The molecule has 10 nitrogen and oxygen atoms in total. The van der Waals surface area contributed by atoms with Gasteiger partial charge >= 0.3 is 0 Å². The summed E-state index contributed by atoms with van der Waals surface area (Å²) in [4.78, 5) is 11.4. The molecule has 0 aliphatic carbocycles. The van der Waals surface area contributed by atoms with Gasteiger partial charge in [0, 0.05) is 45.0 Å². The molecule has 1 saturated heterocycles. The second-order valence-corrected chi connectivity index (χ2v) is 11.4. The van der Waals surface area contributed by atoms with Crippen molar-refractivity contribution >= 4 is 55.9 Å². The molecule has 13 heteroatoms. The third kappa shape index (κ3) is 5.57. The summed E-state index contributed by atoms with van der Waals surface area (Å²) in [5, 5.41) is 8.82. The van der Waals surface area contributed by atoms with Crippen molar-refractivity contribution in [3.63, 3.8) is 0 Å². The Hall–Kier alpha value is -2.96. The van der Waals surface area contributed by atoms with Crippen molar-refractivity contribution in [2.45, 2.75) is 11.8 Å². The zero-order chi connectivity index (χ0) is 26.9. The molecule has 2 aromatic heterocycles. The van der Waals surface area contributed by atoms with Crippen molar-refractivity contribution in [2.24, 2.45) is 7.05 Å². The molecule has 5 rings (SSSR count). The first-order valence-electron chi connectivity index (χ1n) is 12.0. The molecule has 2 N–H and O–H groups in total. The number of fused-ring (bicyclic) bond motifs is 1. The number of nitrogens with one attached hydrogen (secondary N) is 2. The summed E-state index contributed by atoms with van der Waals surface area (Å²) in [5.74, 6) is 0.524. The number of aromatic nitrogens is 4. The standard InChI is InChI=1S/C25H27Cl2N7O3S/c1-16-6-7-17(14-20(16)32-38(35,36)21-5-3-4-19(26)22(21)27)23-18-15-29-25(30-24(18)33(2)31-23)28-8-9-34-10-12-37-13-11-34/h3-7,14-15,32H,8-13H2,1-2H3,(H,28,29,30). The van der Waals surface area contributed by atoms with Crippen LogP contribution in [0.5, 0.6) is 0 Å². The van der Waals surface area contributed by atoms with Crippen molar-refractivity contribution < 1.29 is 13.2 Å². The summed E-state index contributed by atoms with van der Waals surface area (Å²) in [5.41, 5.74) is 3.16. The molecule has 0 atom stereocenters. The van der Waals surface area contributed by atoms with E-state index in [9.17, 15) is 8.42 Å². The highest BCUT2D eigenvalue weighted by Gasteiger charge is 2.21. The fraction of sp³-hybridized carbons (Fsp3) is 0.320. The molecule has 0 amide bonds. The molecule has 0 spiro atoms. The number of ether oxygens (including phenoxy) is 1. The van der Waals surface area contributed by atoms with E-state index in [2.05, 4.69) is 30.0 Å². The fourth-order valence-electron chi connectivity index (χ4n) is 4.26. The largest absolute Gasteiger partial charge is 0.379 e. The Morgan fingerprint density at radius 1 is 1.13 bits per heavy atom. The summed E-state index contributed by atoms with van der Waals surface area (Å²) in [6, 6.07) is 9.94. The van der Waals surface area contributed by atoms with Gasteiger partial charge < -0.3 is 10.1 Å². The number of hydrogen-bond acceptors (Lipinski definition) is 8. The average Bonchev–Trinajstić information content (AvgIpc) is 3.23. The van der Waals surface area contributed by atoms with E-state index in [1.165, 1.54) is 18.2 Å². The molecule has 1 aliphatic rings. The van der Waals surface area contributed by atoms with Crippen LogP contribution in [0.25, 0.3) is 22.3 Å². The minimum Gasteiger partial charge on any atom is -0.379 e. The van der Waals surface area contributed by atoms with Crippen LogP contribution in [0.2, 0.25) is 10.0 Å². The maximum absolute atomic E-state index is 13.1. The molecule has 2 aromatic carbocycles. The number of hydrogen-bond donors (Lipinski definition) is 2. The average molecular weight is 577 g/mol. The summed E-state index contributed by atoms with van der Waals surface area (Å²) in [6.45, 7) is 6.78. The number of anilines is 2. The summed E-state index contributed by atoms with van der Waals surface area (Å²) in [6.07, 6.45) is 1.73. The Balaban J connectivity index is 1.39. The first-order valence-corrected chi connectivity index (χ1v) is 14.3. The molecule has 200 valence electrons. The smallest absolute Gasteiger partial charge is 0.263 e. The Morgan fingerprint density at radius 2 is 1.92 bits per heavy atom. The molecule has 4 aromatic rings. The van der Waals surface area contributed by atoms with Crippen LogP contribution in [0.15, 0.2) is 47.5 Å². The quantitative estimate of drug-likeness (QED) is 0.321. The number of sulfonamides is 1. The van der Waals surface area contributed by atoms with Crippen molar-refractivity contribution in [2.75, 3.05) is 49.4 Å². The first kappa shape index (κ1) is 26.6. The van der Waals surface area contributed by atoms with E-state index < -0.39 is 10.0 Å². The lowest BCUT2D eigenvalue weighted by Crippen LogP contribution is -2.39. The highest BCUT2D eigenvalue weighted by atomic mass is 35.5. The molecule has 1 aliphatic heterocycles. The van der Waals surface area contributed by atoms with E-state index in [4.69, 9.17) is 27.9 Å². The summed E-state index contributed by atoms with van der Waals surface area (Å²) < 4.78 is 35.9. The zero-order valence-corrected chi connectivity index (χ0v) is 23.2. The van der Waals surface area contributed by atoms with Crippen molar-refractivity contribution in [1.29, 1.82) is 0 Å². The van der Waals surface area contributed by atoms with E-state index in [1.54, 1.807) is 16.9 Å². The first-order chi connectivity index (χ1) is 18.2. The van der Waals surface area contributed by atoms with Gasteiger partial charge in [0.1, 0.15) is 10.6 Å². The van der Waals surface area contributed by atoms with Gasteiger partial charge in [-0.2, -0.15) is 10.1 Å². The highest BCUT2D eigenvalue weighted by molar-refractivity contribution is 7.92. The second kappa shape index (κ2) is 11.0. The van der Waals surface area contributed by atoms with Crippen LogP contribution in [0, 0.1) is 6.92 Å². The Labute approximate surface area is 231 Å². The van der Waals surface area contributed by atoms with Crippen LogP contribution in [-0.4, -0.2) is 72.5 Å². The van der Waals surface area contributed by atoms with Crippen LogP contribution in [0.4, 0.5) is 11.6 Å². The van der Waals surface area contributed by atoms with Crippen LogP contribution in [0.1, 0.15) is 5.56 Å². The molecule has 0 radical (unpaired) electrons. The maximum Gasteiger partial charge on any atom is 0.263 e. The van der Waals surface area contributed by atoms with E-state index in [1.807, 2.05) is 26.1 Å². The van der Waals surface area contributed by atoms with Gasteiger partial charge in [-0.15, -0.1) is 0 Å². The van der Waals surface area contributed by atoms with Gasteiger partial charge in [0.05, 0.1) is 34.3 Å². The predicted molar refractivity (Wildman–Crippen MR) is 149 cm³/mol. The predicted octanol–water partition coefficient (Wildman–Crippen LogP) is 4.19. The third-order valence-corrected chi connectivity index (χ3v) is 8.69. The topological polar surface area (TPSA) is 114 Å². The number of halogens is 2. The summed E-state index contributed by atoms with van der Waals surface area (Å²) >= 11 is 12.2. The normalized spacial score (nSPS) is 14.6. The minimum absolute atomic E-state index is 0.0299. The van der Waals surface area contributed by atoms with Crippen LogP contribution in [0.3, 0.4) is 0 Å². The van der Waals surface area contributed by atoms with Gasteiger partial charge in [-0.05, 0) is 30.7 Å². The zero-order valence-electron chi connectivity index (χ0n) is 20.9. The highest BCUT2D eigenvalue weighted by Crippen LogP contribution is 2.33. The number of benzene rings is 2. The number of aryl methyl sites for hydroxylation is 2. The molecular formula is C25H27Cl2N7O3S. The Morgan fingerprint density at radius 3 is 2.71 bits per heavy atom. The number of rotatable bonds is 8. The lowest BCUT2D eigenvalue weighted by Gasteiger charge is -2.26. The van der Waals surface area contributed by atoms with Crippen LogP contribution in [-0.2, 0) is 21.8 Å². The lowest BCUT2D eigenvalue weighted by atomic mass is 10.1. The van der Waals surface area contributed by atoms with Crippen molar-refractivity contribution in [1.82, 2.24) is 24.6 Å². The Bertz CT molecular complexity index is 1590. The fourth-order valence-corrected chi connectivity index (χ4v) is 6.14. The van der Waals surface area contributed by atoms with Gasteiger partial charge in [0.2, 0.25) is 5.95 Å².